The highest BCUT2D eigenvalue weighted by atomic mass is 16.3. The van der Waals surface area contributed by atoms with Gasteiger partial charge in [0.15, 0.2) is 5.58 Å². The molecule has 0 aliphatic heterocycles. The van der Waals surface area contributed by atoms with E-state index in [1.54, 1.807) is 0 Å². The summed E-state index contributed by atoms with van der Waals surface area (Å²) in [6.07, 6.45) is 0. The number of fused-ring (bicyclic) bond motifs is 3. The fourth-order valence-electron chi connectivity index (χ4n) is 7.69. The smallest absolute Gasteiger partial charge is 0.227 e. The number of anilines is 3. The van der Waals surface area contributed by atoms with E-state index in [2.05, 4.69) is 187 Å². The maximum atomic E-state index is 6.42. The van der Waals surface area contributed by atoms with Crippen LogP contribution in [0.5, 0.6) is 0 Å². The van der Waals surface area contributed by atoms with Crippen molar-refractivity contribution in [3.05, 3.63) is 218 Å². The van der Waals surface area contributed by atoms with Gasteiger partial charge in [-0.1, -0.05) is 158 Å². The number of hydrogen-bond acceptors (Lipinski definition) is 3. The maximum Gasteiger partial charge on any atom is 0.227 e. The van der Waals surface area contributed by atoms with Gasteiger partial charge in [-0.15, -0.1) is 0 Å². The van der Waals surface area contributed by atoms with Gasteiger partial charge in [-0.2, -0.15) is 0 Å². The second kappa shape index (κ2) is 14.4. The van der Waals surface area contributed by atoms with E-state index in [4.69, 9.17) is 9.40 Å². The largest absolute Gasteiger partial charge is 0.435 e. The molecule has 0 bridgehead atoms. The van der Waals surface area contributed by atoms with Crippen LogP contribution in [-0.2, 0) is 0 Å². The van der Waals surface area contributed by atoms with Crippen LogP contribution in [0.25, 0.3) is 77.8 Å². The summed E-state index contributed by atoms with van der Waals surface area (Å²) >= 11 is 0. The SMILES string of the molecule is c1ccc(-c2ccc(-c3cccc(N(c4ccccc4)c4ccc(-c5ccccc5-c5ccc6ccc7nc(-c8ccccc8)oc7c6c5)cc4)c3)cc2)cc1. The normalized spacial score (nSPS) is 11.2. The molecule has 0 radical (unpaired) electrons. The van der Waals surface area contributed by atoms with Crippen LogP contribution in [0.15, 0.2) is 223 Å². The third kappa shape index (κ3) is 6.31. The predicted molar refractivity (Wildman–Crippen MR) is 233 cm³/mol. The number of oxazole rings is 1. The first-order chi connectivity index (χ1) is 27.7. The molecule has 9 aromatic carbocycles. The molecular weight excluding hydrogens is 681 g/mol. The first kappa shape index (κ1) is 33.1. The highest BCUT2D eigenvalue weighted by Crippen LogP contribution is 2.40. The molecular formula is C53H36N2O. The Bertz CT molecular complexity index is 2930. The molecule has 0 aliphatic rings. The maximum absolute atomic E-state index is 6.42. The minimum Gasteiger partial charge on any atom is -0.435 e. The Balaban J connectivity index is 0.996. The van der Waals surface area contributed by atoms with E-state index in [-0.39, 0.29) is 0 Å². The lowest BCUT2D eigenvalue weighted by molar-refractivity contribution is 0.623. The fraction of sp³-hybridized carbons (Fsp3) is 0. The van der Waals surface area contributed by atoms with Crippen LogP contribution in [-0.4, -0.2) is 4.98 Å². The van der Waals surface area contributed by atoms with E-state index in [0.717, 1.165) is 61.2 Å². The molecule has 10 aromatic rings. The van der Waals surface area contributed by atoms with Crippen LogP contribution in [0.2, 0.25) is 0 Å². The van der Waals surface area contributed by atoms with Crippen molar-refractivity contribution in [2.24, 2.45) is 0 Å². The number of benzene rings is 9. The molecule has 0 N–H and O–H groups in total. The van der Waals surface area contributed by atoms with E-state index in [1.807, 2.05) is 36.4 Å². The summed E-state index contributed by atoms with van der Waals surface area (Å²) in [6, 6.07) is 77.2. The van der Waals surface area contributed by atoms with Gasteiger partial charge in [0, 0.05) is 28.0 Å². The van der Waals surface area contributed by atoms with Crippen molar-refractivity contribution in [2.75, 3.05) is 4.90 Å². The molecule has 56 heavy (non-hydrogen) atoms. The average Bonchev–Trinajstić information content (AvgIpc) is 3.73. The number of para-hydroxylation sites is 1. The lowest BCUT2D eigenvalue weighted by Gasteiger charge is -2.26. The summed E-state index contributed by atoms with van der Waals surface area (Å²) in [6.45, 7) is 0. The molecule has 0 aliphatic carbocycles. The Labute approximate surface area is 326 Å². The molecule has 0 saturated carbocycles. The summed E-state index contributed by atoms with van der Waals surface area (Å²) in [5, 5.41) is 2.17. The Kier molecular flexibility index (Phi) is 8.51. The first-order valence-corrected chi connectivity index (χ1v) is 18.9. The van der Waals surface area contributed by atoms with E-state index in [1.165, 1.54) is 27.8 Å². The Morgan fingerprint density at radius 2 is 0.839 bits per heavy atom. The molecule has 3 nitrogen and oxygen atoms in total. The zero-order chi connectivity index (χ0) is 37.3. The van der Waals surface area contributed by atoms with Crippen molar-refractivity contribution in [2.45, 2.75) is 0 Å². The first-order valence-electron chi connectivity index (χ1n) is 18.9. The molecule has 264 valence electrons. The van der Waals surface area contributed by atoms with Gasteiger partial charge in [0.2, 0.25) is 5.89 Å². The molecule has 0 saturated heterocycles. The zero-order valence-corrected chi connectivity index (χ0v) is 30.6. The van der Waals surface area contributed by atoms with Gasteiger partial charge < -0.3 is 9.32 Å². The number of aromatic nitrogens is 1. The van der Waals surface area contributed by atoms with E-state index < -0.39 is 0 Å². The van der Waals surface area contributed by atoms with Crippen LogP contribution in [0.1, 0.15) is 0 Å². The molecule has 0 atom stereocenters. The van der Waals surface area contributed by atoms with E-state index >= 15 is 0 Å². The molecule has 0 fully saturated rings. The van der Waals surface area contributed by atoms with Crippen molar-refractivity contribution in [3.63, 3.8) is 0 Å². The lowest BCUT2D eigenvalue weighted by Crippen LogP contribution is -2.09. The number of nitrogens with zero attached hydrogens (tertiary/aromatic N) is 2. The van der Waals surface area contributed by atoms with Crippen LogP contribution >= 0.6 is 0 Å². The van der Waals surface area contributed by atoms with Crippen LogP contribution in [0, 0.1) is 0 Å². The van der Waals surface area contributed by atoms with Crippen LogP contribution in [0.4, 0.5) is 17.1 Å². The van der Waals surface area contributed by atoms with Crippen molar-refractivity contribution < 1.29 is 4.42 Å². The molecule has 0 spiro atoms. The highest BCUT2D eigenvalue weighted by Gasteiger charge is 2.16. The van der Waals surface area contributed by atoms with Gasteiger partial charge in [-0.05, 0) is 111 Å². The molecule has 0 amide bonds. The Morgan fingerprint density at radius 1 is 0.339 bits per heavy atom. The van der Waals surface area contributed by atoms with Crippen LogP contribution < -0.4 is 4.90 Å². The van der Waals surface area contributed by atoms with Crippen molar-refractivity contribution in [1.29, 1.82) is 0 Å². The standard InChI is InChI=1S/C53H36N2O/c1-4-13-37(14-5-1)38-23-25-39(26-24-38)43-17-12-20-47(35-43)55(45-18-8-3-9-19-45)46-32-29-40(30-33-46)48-21-10-11-22-49(48)44-28-27-41-31-34-51-52(50(41)36-44)56-53(54-51)42-15-6-2-7-16-42/h1-36H. The second-order valence-electron chi connectivity index (χ2n) is 14.0. The summed E-state index contributed by atoms with van der Waals surface area (Å²) in [5.74, 6) is 0.632. The van der Waals surface area contributed by atoms with Crippen molar-refractivity contribution in [1.82, 2.24) is 4.98 Å². The highest BCUT2D eigenvalue weighted by molar-refractivity contribution is 6.05. The minimum absolute atomic E-state index is 0.632. The molecule has 0 unspecified atom stereocenters. The van der Waals surface area contributed by atoms with Gasteiger partial charge in [0.05, 0.1) is 0 Å². The van der Waals surface area contributed by atoms with E-state index in [9.17, 15) is 0 Å². The summed E-state index contributed by atoms with van der Waals surface area (Å²) in [5.41, 5.74) is 15.3. The topological polar surface area (TPSA) is 29.3 Å². The van der Waals surface area contributed by atoms with Gasteiger partial charge in [0.1, 0.15) is 5.52 Å². The summed E-state index contributed by atoms with van der Waals surface area (Å²) in [7, 11) is 0. The van der Waals surface area contributed by atoms with Gasteiger partial charge in [-0.25, -0.2) is 4.98 Å². The minimum atomic E-state index is 0.632. The quantitative estimate of drug-likeness (QED) is 0.157. The number of hydrogen-bond donors (Lipinski definition) is 0. The third-order valence-corrected chi connectivity index (χ3v) is 10.5. The second-order valence-corrected chi connectivity index (χ2v) is 14.0. The van der Waals surface area contributed by atoms with Gasteiger partial charge >= 0.3 is 0 Å². The zero-order valence-electron chi connectivity index (χ0n) is 30.6. The molecule has 1 aromatic heterocycles. The number of rotatable bonds is 8. The van der Waals surface area contributed by atoms with Gasteiger partial charge in [0.25, 0.3) is 0 Å². The Morgan fingerprint density at radius 3 is 1.55 bits per heavy atom. The summed E-state index contributed by atoms with van der Waals surface area (Å²) in [4.78, 5) is 7.16. The monoisotopic (exact) mass is 716 g/mol. The van der Waals surface area contributed by atoms with Gasteiger partial charge in [-0.3, -0.25) is 0 Å². The van der Waals surface area contributed by atoms with Crippen molar-refractivity contribution >= 4 is 38.9 Å². The lowest BCUT2D eigenvalue weighted by atomic mass is 9.93. The predicted octanol–water partition coefficient (Wildman–Crippen LogP) is 14.8. The summed E-state index contributed by atoms with van der Waals surface area (Å²) < 4.78 is 6.42. The molecule has 3 heteroatoms. The average molecular weight is 717 g/mol. The van der Waals surface area contributed by atoms with E-state index in [0.29, 0.717) is 5.89 Å². The fourth-order valence-corrected chi connectivity index (χ4v) is 7.69. The Hall–Kier alpha value is -7.49. The molecule has 10 rings (SSSR count). The third-order valence-electron chi connectivity index (χ3n) is 10.5. The van der Waals surface area contributed by atoms with Crippen molar-refractivity contribution in [3.8, 4) is 56.0 Å². The van der Waals surface area contributed by atoms with Crippen LogP contribution in [0.3, 0.4) is 0 Å². The molecule has 1 heterocycles.